The van der Waals surface area contributed by atoms with Gasteiger partial charge in [-0.3, -0.25) is 4.79 Å². The highest BCUT2D eigenvalue weighted by Crippen LogP contribution is 2.26. The molecule has 3 aromatic rings. The summed E-state index contributed by atoms with van der Waals surface area (Å²) in [5.41, 5.74) is 0.706. The SMILES string of the molecule is CC(C)(C)OC(=O)N1CCC(n2cccc2C(=O)Nc2ccc3oc(=O)ccc3c2)CC1. The summed E-state index contributed by atoms with van der Waals surface area (Å²) in [5, 5.41) is 3.65. The highest BCUT2D eigenvalue weighted by molar-refractivity contribution is 6.04. The summed E-state index contributed by atoms with van der Waals surface area (Å²) >= 11 is 0. The summed E-state index contributed by atoms with van der Waals surface area (Å²) in [6.45, 7) is 6.72. The van der Waals surface area contributed by atoms with Crippen molar-refractivity contribution in [3.63, 3.8) is 0 Å². The highest BCUT2D eigenvalue weighted by Gasteiger charge is 2.28. The van der Waals surface area contributed by atoms with E-state index in [2.05, 4.69) is 5.32 Å². The Labute approximate surface area is 185 Å². The van der Waals surface area contributed by atoms with Crippen molar-refractivity contribution in [3.05, 3.63) is 64.8 Å². The number of anilines is 1. The van der Waals surface area contributed by atoms with Crippen molar-refractivity contribution in [2.45, 2.75) is 45.3 Å². The van der Waals surface area contributed by atoms with E-state index in [0.29, 0.717) is 30.1 Å². The minimum atomic E-state index is -0.520. The first kappa shape index (κ1) is 21.7. The van der Waals surface area contributed by atoms with Crippen molar-refractivity contribution in [2.75, 3.05) is 18.4 Å². The molecule has 2 amide bonds. The predicted octanol–water partition coefficient (Wildman–Crippen LogP) is 4.42. The summed E-state index contributed by atoms with van der Waals surface area (Å²) < 4.78 is 12.6. The number of benzene rings is 1. The number of ether oxygens (including phenoxy) is 1. The van der Waals surface area contributed by atoms with Crippen LogP contribution < -0.4 is 10.9 Å². The molecule has 0 unspecified atom stereocenters. The lowest BCUT2D eigenvalue weighted by molar-refractivity contribution is 0.0187. The van der Waals surface area contributed by atoms with Gasteiger partial charge in [0, 0.05) is 42.5 Å². The van der Waals surface area contributed by atoms with E-state index in [1.54, 1.807) is 35.2 Å². The van der Waals surface area contributed by atoms with Gasteiger partial charge >= 0.3 is 11.7 Å². The predicted molar refractivity (Wildman–Crippen MR) is 121 cm³/mol. The van der Waals surface area contributed by atoms with Crippen LogP contribution in [0, 0.1) is 0 Å². The Balaban J connectivity index is 1.42. The average molecular weight is 437 g/mol. The number of likely N-dealkylation sites (tertiary alicyclic amines) is 1. The molecule has 4 rings (SSSR count). The van der Waals surface area contributed by atoms with Crippen LogP contribution in [0.2, 0.25) is 0 Å². The monoisotopic (exact) mass is 437 g/mol. The van der Waals surface area contributed by atoms with E-state index in [0.717, 1.165) is 18.2 Å². The molecule has 0 bridgehead atoms. The van der Waals surface area contributed by atoms with Crippen molar-refractivity contribution in [3.8, 4) is 0 Å². The first-order valence-electron chi connectivity index (χ1n) is 10.7. The maximum absolute atomic E-state index is 13.0. The summed E-state index contributed by atoms with van der Waals surface area (Å²) in [6.07, 6.45) is 3.08. The fourth-order valence-electron chi connectivity index (χ4n) is 3.90. The van der Waals surface area contributed by atoms with Crippen molar-refractivity contribution in [2.24, 2.45) is 0 Å². The van der Waals surface area contributed by atoms with Crippen molar-refractivity contribution < 1.29 is 18.7 Å². The molecule has 2 aromatic heterocycles. The van der Waals surface area contributed by atoms with Gasteiger partial charge in [-0.05, 0) is 70.0 Å². The molecule has 8 heteroatoms. The number of fused-ring (bicyclic) bond motifs is 1. The van der Waals surface area contributed by atoms with E-state index < -0.39 is 11.2 Å². The van der Waals surface area contributed by atoms with E-state index in [4.69, 9.17) is 9.15 Å². The quantitative estimate of drug-likeness (QED) is 0.612. The zero-order valence-electron chi connectivity index (χ0n) is 18.5. The van der Waals surface area contributed by atoms with Crippen LogP contribution in [0.15, 0.2) is 57.9 Å². The Morgan fingerprint density at radius 1 is 1.09 bits per heavy atom. The Kier molecular flexibility index (Phi) is 5.78. The largest absolute Gasteiger partial charge is 0.444 e. The van der Waals surface area contributed by atoms with Crippen LogP contribution in [0.5, 0.6) is 0 Å². The van der Waals surface area contributed by atoms with Crippen LogP contribution in [-0.2, 0) is 4.74 Å². The van der Waals surface area contributed by atoms with E-state index in [1.165, 1.54) is 6.07 Å². The number of nitrogens with zero attached hydrogens (tertiary/aromatic N) is 2. The third kappa shape index (κ3) is 4.85. The number of carbonyl (C=O) groups excluding carboxylic acids is 2. The lowest BCUT2D eigenvalue weighted by atomic mass is 10.0. The van der Waals surface area contributed by atoms with Crippen LogP contribution in [0.3, 0.4) is 0 Å². The summed E-state index contributed by atoms with van der Waals surface area (Å²) in [6, 6.07) is 11.9. The number of piperidine rings is 1. The number of rotatable bonds is 3. The molecule has 1 saturated heterocycles. The van der Waals surface area contributed by atoms with Crippen LogP contribution in [0.1, 0.15) is 50.1 Å². The number of aromatic nitrogens is 1. The number of carbonyl (C=O) groups is 2. The normalized spacial score (nSPS) is 15.0. The Morgan fingerprint density at radius 2 is 1.84 bits per heavy atom. The minimum Gasteiger partial charge on any atom is -0.444 e. The zero-order chi connectivity index (χ0) is 22.9. The van der Waals surface area contributed by atoms with E-state index in [-0.39, 0.29) is 18.0 Å². The average Bonchev–Trinajstić information content (AvgIpc) is 3.23. The second-order valence-corrected chi connectivity index (χ2v) is 8.96. The molecule has 0 saturated carbocycles. The molecule has 0 aliphatic carbocycles. The van der Waals surface area contributed by atoms with Gasteiger partial charge in [0.05, 0.1) is 0 Å². The molecule has 0 spiro atoms. The van der Waals surface area contributed by atoms with E-state index >= 15 is 0 Å². The van der Waals surface area contributed by atoms with Gasteiger partial charge in [0.15, 0.2) is 0 Å². The van der Waals surface area contributed by atoms with Crippen LogP contribution >= 0.6 is 0 Å². The fraction of sp³-hybridized carbons (Fsp3) is 0.375. The number of hydrogen-bond donors (Lipinski definition) is 1. The number of hydrogen-bond acceptors (Lipinski definition) is 5. The molecule has 1 N–H and O–H groups in total. The molecule has 0 radical (unpaired) electrons. The molecule has 1 aliphatic heterocycles. The molecule has 32 heavy (non-hydrogen) atoms. The van der Waals surface area contributed by atoms with Gasteiger partial charge in [-0.15, -0.1) is 0 Å². The first-order valence-corrected chi connectivity index (χ1v) is 10.7. The lowest BCUT2D eigenvalue weighted by Gasteiger charge is -2.34. The molecule has 3 heterocycles. The molecular weight excluding hydrogens is 410 g/mol. The molecule has 1 aliphatic rings. The minimum absolute atomic E-state index is 0.121. The molecular formula is C24H27N3O5. The third-order valence-electron chi connectivity index (χ3n) is 5.40. The first-order chi connectivity index (χ1) is 15.2. The Morgan fingerprint density at radius 3 is 2.56 bits per heavy atom. The standard InChI is InChI=1S/C24H27N3O5/c1-24(2,3)32-23(30)26-13-10-18(11-14-26)27-12-4-5-19(27)22(29)25-17-7-8-20-16(15-17)6-9-21(28)31-20/h4-9,12,15,18H,10-11,13-14H2,1-3H3,(H,25,29). The van der Waals surface area contributed by atoms with Gasteiger partial charge in [-0.25, -0.2) is 9.59 Å². The van der Waals surface area contributed by atoms with Gasteiger partial charge in [-0.1, -0.05) is 0 Å². The van der Waals surface area contributed by atoms with Gasteiger partial charge in [-0.2, -0.15) is 0 Å². The van der Waals surface area contributed by atoms with Gasteiger partial charge < -0.3 is 23.9 Å². The summed E-state index contributed by atoms with van der Waals surface area (Å²) in [5.74, 6) is -0.221. The molecule has 1 aromatic carbocycles. The number of amides is 2. The maximum atomic E-state index is 13.0. The lowest BCUT2D eigenvalue weighted by Crippen LogP contribution is -2.42. The third-order valence-corrected chi connectivity index (χ3v) is 5.40. The van der Waals surface area contributed by atoms with E-state index in [9.17, 15) is 14.4 Å². The van der Waals surface area contributed by atoms with Gasteiger partial charge in [0.1, 0.15) is 16.9 Å². The van der Waals surface area contributed by atoms with Crippen molar-refractivity contribution in [1.29, 1.82) is 0 Å². The zero-order valence-corrected chi connectivity index (χ0v) is 18.5. The van der Waals surface area contributed by atoms with Gasteiger partial charge in [0.25, 0.3) is 5.91 Å². The molecule has 8 nitrogen and oxygen atoms in total. The number of nitrogens with one attached hydrogen (secondary N) is 1. The molecule has 1 fully saturated rings. The fourth-order valence-corrected chi connectivity index (χ4v) is 3.90. The van der Waals surface area contributed by atoms with Crippen LogP contribution in [0.25, 0.3) is 11.0 Å². The molecule has 168 valence electrons. The second kappa shape index (κ2) is 8.53. The molecule has 0 atom stereocenters. The van der Waals surface area contributed by atoms with Crippen molar-refractivity contribution in [1.82, 2.24) is 9.47 Å². The van der Waals surface area contributed by atoms with Crippen LogP contribution in [0.4, 0.5) is 10.5 Å². The second-order valence-electron chi connectivity index (χ2n) is 8.96. The highest BCUT2D eigenvalue weighted by atomic mass is 16.6. The van der Waals surface area contributed by atoms with Gasteiger partial charge in [0.2, 0.25) is 0 Å². The summed E-state index contributed by atoms with van der Waals surface area (Å²) in [4.78, 5) is 38.3. The maximum Gasteiger partial charge on any atom is 0.410 e. The summed E-state index contributed by atoms with van der Waals surface area (Å²) in [7, 11) is 0. The van der Waals surface area contributed by atoms with Crippen molar-refractivity contribution >= 4 is 28.7 Å². The Hall–Kier alpha value is -3.55. The van der Waals surface area contributed by atoms with E-state index in [1.807, 2.05) is 37.6 Å². The smallest absolute Gasteiger partial charge is 0.410 e. The Bertz CT molecular complexity index is 1200. The van der Waals surface area contributed by atoms with Crippen LogP contribution in [-0.4, -0.2) is 40.2 Å². The topological polar surface area (TPSA) is 93.8 Å².